The van der Waals surface area contributed by atoms with Gasteiger partial charge < -0.3 is 10.5 Å². The van der Waals surface area contributed by atoms with Crippen LogP contribution >= 0.6 is 0 Å². The molecule has 0 saturated carbocycles. The van der Waals surface area contributed by atoms with E-state index in [-0.39, 0.29) is 5.60 Å². The molecule has 0 saturated heterocycles. The number of hydrogen-bond acceptors (Lipinski definition) is 2. The molecule has 0 fully saturated rings. The van der Waals surface area contributed by atoms with Crippen LogP contribution in [0.5, 0.6) is 5.75 Å². The molecule has 16 heavy (non-hydrogen) atoms. The van der Waals surface area contributed by atoms with Gasteiger partial charge in [0.25, 0.3) is 0 Å². The second-order valence-electron chi connectivity index (χ2n) is 5.37. The Labute approximate surface area is 97.8 Å². The zero-order valence-corrected chi connectivity index (χ0v) is 10.4. The van der Waals surface area contributed by atoms with E-state index in [1.807, 2.05) is 0 Å². The van der Waals surface area contributed by atoms with Gasteiger partial charge in [-0.05, 0) is 56.3 Å². The Morgan fingerprint density at radius 2 is 2.19 bits per heavy atom. The molecule has 2 rings (SSSR count). The van der Waals surface area contributed by atoms with Gasteiger partial charge in [-0.2, -0.15) is 0 Å². The number of hydrogen-bond donors (Lipinski definition) is 1. The lowest BCUT2D eigenvalue weighted by atomic mass is 9.91. The Morgan fingerprint density at radius 3 is 2.88 bits per heavy atom. The highest BCUT2D eigenvalue weighted by molar-refractivity contribution is 5.40. The molecule has 0 amide bonds. The SMILES string of the molecule is CC(CN)c1ccc2c(c1)CCC(C)(C)O2. The zero-order chi connectivity index (χ0) is 11.8. The molecular formula is C14H21NO. The van der Waals surface area contributed by atoms with Crippen LogP contribution in [0.4, 0.5) is 0 Å². The minimum absolute atomic E-state index is 0.0198. The number of rotatable bonds is 2. The number of aryl methyl sites for hydroxylation is 1. The topological polar surface area (TPSA) is 35.2 Å². The molecule has 1 unspecified atom stereocenters. The third-order valence-corrected chi connectivity index (χ3v) is 3.39. The first kappa shape index (κ1) is 11.5. The second-order valence-corrected chi connectivity index (χ2v) is 5.37. The Balaban J connectivity index is 2.28. The van der Waals surface area contributed by atoms with Gasteiger partial charge in [-0.25, -0.2) is 0 Å². The summed E-state index contributed by atoms with van der Waals surface area (Å²) in [5.74, 6) is 1.48. The second kappa shape index (κ2) is 4.10. The van der Waals surface area contributed by atoms with E-state index in [9.17, 15) is 0 Å². The van der Waals surface area contributed by atoms with Crippen LogP contribution in [-0.2, 0) is 6.42 Å². The summed E-state index contributed by atoms with van der Waals surface area (Å²) in [5, 5.41) is 0. The summed E-state index contributed by atoms with van der Waals surface area (Å²) in [4.78, 5) is 0. The molecule has 88 valence electrons. The molecule has 0 radical (unpaired) electrons. The fourth-order valence-corrected chi connectivity index (χ4v) is 2.12. The summed E-state index contributed by atoms with van der Waals surface area (Å²) in [6.45, 7) is 7.15. The lowest BCUT2D eigenvalue weighted by molar-refractivity contribution is 0.0846. The highest BCUT2D eigenvalue weighted by atomic mass is 16.5. The monoisotopic (exact) mass is 219 g/mol. The van der Waals surface area contributed by atoms with Crippen molar-refractivity contribution >= 4 is 0 Å². The molecule has 1 atom stereocenters. The van der Waals surface area contributed by atoms with E-state index in [1.54, 1.807) is 0 Å². The van der Waals surface area contributed by atoms with E-state index in [0.29, 0.717) is 12.5 Å². The Kier molecular flexibility index (Phi) is 2.94. The largest absolute Gasteiger partial charge is 0.488 e. The van der Waals surface area contributed by atoms with Gasteiger partial charge in [0.2, 0.25) is 0 Å². The van der Waals surface area contributed by atoms with Crippen molar-refractivity contribution in [1.82, 2.24) is 0 Å². The van der Waals surface area contributed by atoms with Gasteiger partial charge in [-0.15, -0.1) is 0 Å². The maximum Gasteiger partial charge on any atom is 0.123 e. The Morgan fingerprint density at radius 1 is 1.44 bits per heavy atom. The fourth-order valence-electron chi connectivity index (χ4n) is 2.12. The van der Waals surface area contributed by atoms with Crippen molar-refractivity contribution in [3.05, 3.63) is 29.3 Å². The predicted octanol–water partition coefficient (Wildman–Crippen LogP) is 2.85. The molecule has 0 spiro atoms. The first-order valence-corrected chi connectivity index (χ1v) is 6.04. The molecule has 0 aliphatic carbocycles. The van der Waals surface area contributed by atoms with Crippen molar-refractivity contribution in [2.75, 3.05) is 6.54 Å². The summed E-state index contributed by atoms with van der Waals surface area (Å²) in [6, 6.07) is 6.48. The van der Waals surface area contributed by atoms with Crippen LogP contribution in [-0.4, -0.2) is 12.1 Å². The Bertz CT molecular complexity index is 384. The van der Waals surface area contributed by atoms with Gasteiger partial charge in [-0.1, -0.05) is 19.1 Å². The quantitative estimate of drug-likeness (QED) is 0.830. The van der Waals surface area contributed by atoms with Gasteiger partial charge >= 0.3 is 0 Å². The first-order chi connectivity index (χ1) is 7.52. The van der Waals surface area contributed by atoms with E-state index in [4.69, 9.17) is 10.5 Å². The lowest BCUT2D eigenvalue weighted by Crippen LogP contribution is -2.32. The summed E-state index contributed by atoms with van der Waals surface area (Å²) in [5.41, 5.74) is 8.33. The van der Waals surface area contributed by atoms with Crippen LogP contribution in [0, 0.1) is 0 Å². The minimum Gasteiger partial charge on any atom is -0.488 e. The van der Waals surface area contributed by atoms with Crippen molar-refractivity contribution in [3.8, 4) is 5.75 Å². The van der Waals surface area contributed by atoms with Crippen molar-refractivity contribution < 1.29 is 4.74 Å². The van der Waals surface area contributed by atoms with Gasteiger partial charge in [0.15, 0.2) is 0 Å². The molecule has 1 aliphatic rings. The van der Waals surface area contributed by atoms with E-state index < -0.39 is 0 Å². The maximum absolute atomic E-state index is 5.96. The summed E-state index contributed by atoms with van der Waals surface area (Å²) >= 11 is 0. The van der Waals surface area contributed by atoms with Gasteiger partial charge in [0.1, 0.15) is 11.4 Å². The molecule has 2 heteroatoms. The molecular weight excluding hydrogens is 198 g/mol. The van der Waals surface area contributed by atoms with Crippen LogP contribution in [0.3, 0.4) is 0 Å². The van der Waals surface area contributed by atoms with Crippen LogP contribution in [0.25, 0.3) is 0 Å². The zero-order valence-electron chi connectivity index (χ0n) is 10.4. The molecule has 2 N–H and O–H groups in total. The number of nitrogens with two attached hydrogens (primary N) is 1. The molecule has 0 bridgehead atoms. The smallest absolute Gasteiger partial charge is 0.123 e. The standard InChI is InChI=1S/C14H21NO/c1-10(9-15)11-4-5-13-12(8-11)6-7-14(2,3)16-13/h4-5,8,10H,6-7,9,15H2,1-3H3. The lowest BCUT2D eigenvalue weighted by Gasteiger charge is -2.33. The summed E-state index contributed by atoms with van der Waals surface area (Å²) < 4.78 is 5.96. The van der Waals surface area contributed by atoms with Gasteiger partial charge in [0, 0.05) is 0 Å². The fraction of sp³-hybridized carbons (Fsp3) is 0.571. The van der Waals surface area contributed by atoms with Gasteiger partial charge in [0.05, 0.1) is 0 Å². The molecule has 1 aromatic carbocycles. The maximum atomic E-state index is 5.96. The average Bonchev–Trinajstić information content (AvgIpc) is 2.26. The van der Waals surface area contributed by atoms with Crippen molar-refractivity contribution in [3.63, 3.8) is 0 Å². The number of ether oxygens (including phenoxy) is 1. The Hall–Kier alpha value is -1.02. The third-order valence-electron chi connectivity index (χ3n) is 3.39. The highest BCUT2D eigenvalue weighted by Gasteiger charge is 2.26. The normalized spacial score (nSPS) is 19.8. The number of fused-ring (bicyclic) bond motifs is 1. The van der Waals surface area contributed by atoms with Crippen LogP contribution in [0.2, 0.25) is 0 Å². The van der Waals surface area contributed by atoms with E-state index >= 15 is 0 Å². The third kappa shape index (κ3) is 2.22. The molecule has 1 aromatic rings. The highest BCUT2D eigenvalue weighted by Crippen LogP contribution is 2.34. The van der Waals surface area contributed by atoms with Gasteiger partial charge in [-0.3, -0.25) is 0 Å². The predicted molar refractivity (Wildman–Crippen MR) is 66.9 cm³/mol. The van der Waals surface area contributed by atoms with E-state index in [1.165, 1.54) is 11.1 Å². The van der Waals surface area contributed by atoms with Crippen LogP contribution < -0.4 is 10.5 Å². The van der Waals surface area contributed by atoms with Crippen molar-refractivity contribution in [2.24, 2.45) is 5.73 Å². The van der Waals surface area contributed by atoms with Crippen molar-refractivity contribution in [2.45, 2.75) is 45.1 Å². The van der Waals surface area contributed by atoms with E-state index in [2.05, 4.69) is 39.0 Å². The van der Waals surface area contributed by atoms with Crippen molar-refractivity contribution in [1.29, 1.82) is 0 Å². The minimum atomic E-state index is -0.0198. The molecule has 0 aromatic heterocycles. The van der Waals surface area contributed by atoms with Crippen LogP contribution in [0.15, 0.2) is 18.2 Å². The molecule has 1 aliphatic heterocycles. The molecule has 1 heterocycles. The van der Waals surface area contributed by atoms with Crippen LogP contribution in [0.1, 0.15) is 44.2 Å². The van der Waals surface area contributed by atoms with E-state index in [0.717, 1.165) is 18.6 Å². The average molecular weight is 219 g/mol. The number of benzene rings is 1. The molecule has 2 nitrogen and oxygen atoms in total. The first-order valence-electron chi connectivity index (χ1n) is 6.04. The summed E-state index contributed by atoms with van der Waals surface area (Å²) in [6.07, 6.45) is 2.19. The summed E-state index contributed by atoms with van der Waals surface area (Å²) in [7, 11) is 0.